The van der Waals surface area contributed by atoms with Crippen LogP contribution >= 0.6 is 0 Å². The summed E-state index contributed by atoms with van der Waals surface area (Å²) < 4.78 is 10.8. The molecule has 1 aromatic heterocycles. The molecule has 0 amide bonds. The molecule has 0 spiro atoms. The lowest BCUT2D eigenvalue weighted by Gasteiger charge is -2.11. The Kier molecular flexibility index (Phi) is 7.46. The van der Waals surface area contributed by atoms with Crippen molar-refractivity contribution in [3.05, 3.63) is 68.5 Å². The number of nitro groups is 1. The number of anilines is 1. The molecule has 11 nitrogen and oxygen atoms in total. The van der Waals surface area contributed by atoms with E-state index in [4.69, 9.17) is 9.47 Å². The number of hydrazone groups is 1. The Balaban J connectivity index is 1.79. The van der Waals surface area contributed by atoms with Crippen LogP contribution < -0.4 is 20.5 Å². The number of nitro benzene ring substituents is 1. The molecule has 2 N–H and O–H groups in total. The first-order valence-electron chi connectivity index (χ1n) is 9.84. The van der Waals surface area contributed by atoms with Crippen molar-refractivity contribution in [1.29, 1.82) is 0 Å². The van der Waals surface area contributed by atoms with E-state index < -0.39 is 10.5 Å². The molecule has 0 aliphatic heterocycles. The topological polar surface area (TPSA) is 145 Å². The Morgan fingerprint density at radius 1 is 1.25 bits per heavy atom. The summed E-state index contributed by atoms with van der Waals surface area (Å²) in [5, 5.41) is 23.3. The summed E-state index contributed by atoms with van der Waals surface area (Å²) in [6, 6.07) is 11.8. The first kappa shape index (κ1) is 22.4. The number of H-pyrrole nitrogens is 1. The lowest BCUT2D eigenvalue weighted by atomic mass is 10.2. The molecule has 0 saturated carbocycles. The molecular weight excluding hydrogens is 416 g/mol. The third-order valence-electron chi connectivity index (χ3n) is 4.35. The third kappa shape index (κ3) is 5.45. The Morgan fingerprint density at radius 2 is 2.03 bits per heavy atom. The number of nitrogens with zero attached hydrogens (tertiary/aromatic N) is 4. The lowest BCUT2D eigenvalue weighted by Crippen LogP contribution is -2.15. The minimum Gasteiger partial charge on any atom is -0.493 e. The molecule has 3 aromatic rings. The summed E-state index contributed by atoms with van der Waals surface area (Å²) in [7, 11) is 1.40. The highest BCUT2D eigenvalue weighted by molar-refractivity contribution is 5.83. The van der Waals surface area contributed by atoms with Crippen LogP contribution in [0.5, 0.6) is 11.5 Å². The van der Waals surface area contributed by atoms with Gasteiger partial charge in [-0.1, -0.05) is 43.7 Å². The van der Waals surface area contributed by atoms with Crippen LogP contribution in [0, 0.1) is 10.1 Å². The van der Waals surface area contributed by atoms with E-state index in [1.54, 1.807) is 30.3 Å². The van der Waals surface area contributed by atoms with E-state index in [0.29, 0.717) is 17.7 Å². The summed E-state index contributed by atoms with van der Waals surface area (Å²) >= 11 is 0. The molecular formula is C21H22N6O5. The standard InChI is InChI=1S/C21H22N6O5/c1-3-4-10-32-19-16(27(29)30)11-14(12-17(19)31-2)13-22-25-21-23-20(28)18(24-26-21)15-8-6-5-7-9-15/h5-9,11-13H,3-4,10H2,1-2H3,(H2,23,25,26,28)/b22-13+. The predicted octanol–water partition coefficient (Wildman–Crippen LogP) is 3.37. The molecule has 2 aromatic carbocycles. The van der Waals surface area contributed by atoms with E-state index in [9.17, 15) is 14.9 Å². The lowest BCUT2D eigenvalue weighted by molar-refractivity contribution is -0.386. The molecule has 0 atom stereocenters. The van der Waals surface area contributed by atoms with Crippen LogP contribution in [0.15, 0.2) is 52.4 Å². The zero-order valence-corrected chi connectivity index (χ0v) is 17.6. The fourth-order valence-electron chi connectivity index (χ4n) is 2.77. The maximum atomic E-state index is 12.3. The van der Waals surface area contributed by atoms with Crippen molar-refractivity contribution >= 4 is 17.9 Å². The summed E-state index contributed by atoms with van der Waals surface area (Å²) in [4.78, 5) is 25.8. The molecule has 1 heterocycles. The maximum Gasteiger partial charge on any atom is 0.315 e. The largest absolute Gasteiger partial charge is 0.493 e. The van der Waals surface area contributed by atoms with Gasteiger partial charge in [-0.2, -0.15) is 5.10 Å². The number of aromatic nitrogens is 3. The van der Waals surface area contributed by atoms with Gasteiger partial charge in [-0.05, 0) is 12.5 Å². The minimum atomic E-state index is -0.542. The molecule has 0 saturated heterocycles. The van der Waals surface area contributed by atoms with E-state index in [1.807, 2.05) is 13.0 Å². The highest BCUT2D eigenvalue weighted by atomic mass is 16.6. The normalized spacial score (nSPS) is 10.8. The van der Waals surface area contributed by atoms with Gasteiger partial charge in [0.2, 0.25) is 11.7 Å². The van der Waals surface area contributed by atoms with Gasteiger partial charge in [-0.15, -0.1) is 10.2 Å². The number of hydrogen-bond donors (Lipinski definition) is 2. The second kappa shape index (κ2) is 10.7. The van der Waals surface area contributed by atoms with Crippen LogP contribution in [0.4, 0.5) is 11.6 Å². The van der Waals surface area contributed by atoms with E-state index >= 15 is 0 Å². The van der Waals surface area contributed by atoms with Crippen LogP contribution in [-0.4, -0.2) is 40.0 Å². The number of unbranched alkanes of at least 4 members (excludes halogenated alkanes) is 1. The molecule has 11 heteroatoms. The number of hydrogen-bond acceptors (Lipinski definition) is 9. The van der Waals surface area contributed by atoms with Crippen LogP contribution in [0.25, 0.3) is 11.3 Å². The second-order valence-corrected chi connectivity index (χ2v) is 6.62. The van der Waals surface area contributed by atoms with Crippen molar-refractivity contribution in [2.75, 3.05) is 19.1 Å². The number of nitrogens with one attached hydrogen (secondary N) is 2. The van der Waals surface area contributed by atoms with Crippen LogP contribution in [-0.2, 0) is 0 Å². The summed E-state index contributed by atoms with van der Waals surface area (Å²) in [5.41, 5.74) is 3.09. The molecule has 0 radical (unpaired) electrons. The number of aromatic amines is 1. The van der Waals surface area contributed by atoms with Gasteiger partial charge in [0.15, 0.2) is 11.4 Å². The van der Waals surface area contributed by atoms with Gasteiger partial charge in [-0.25, -0.2) is 5.43 Å². The SMILES string of the molecule is CCCCOc1c(OC)cc(/C=N/Nc2nnc(-c3ccccc3)c(=O)[nH]2)cc1[N+](=O)[O-]. The first-order valence-corrected chi connectivity index (χ1v) is 9.84. The van der Waals surface area contributed by atoms with Crippen molar-refractivity contribution in [3.8, 4) is 22.8 Å². The van der Waals surface area contributed by atoms with Gasteiger partial charge in [-0.3, -0.25) is 19.9 Å². The van der Waals surface area contributed by atoms with Gasteiger partial charge < -0.3 is 9.47 Å². The Hall–Kier alpha value is -4.28. The monoisotopic (exact) mass is 438 g/mol. The van der Waals surface area contributed by atoms with E-state index in [-0.39, 0.29) is 28.8 Å². The third-order valence-corrected chi connectivity index (χ3v) is 4.35. The summed E-state index contributed by atoms with van der Waals surface area (Å²) in [6.07, 6.45) is 2.98. The van der Waals surface area contributed by atoms with Gasteiger partial charge >= 0.3 is 5.69 Å². The van der Waals surface area contributed by atoms with Crippen molar-refractivity contribution in [1.82, 2.24) is 15.2 Å². The Labute approximate surface area is 183 Å². The summed E-state index contributed by atoms with van der Waals surface area (Å²) in [6.45, 7) is 2.34. The number of rotatable bonds is 10. The quantitative estimate of drug-likeness (QED) is 0.212. The Bertz CT molecular complexity index is 1160. The second-order valence-electron chi connectivity index (χ2n) is 6.62. The molecule has 0 bridgehead atoms. The number of ether oxygens (including phenoxy) is 2. The summed E-state index contributed by atoms with van der Waals surface area (Å²) in [5.74, 6) is 0.312. The van der Waals surface area contributed by atoms with Crippen molar-refractivity contribution < 1.29 is 14.4 Å². The smallest absolute Gasteiger partial charge is 0.315 e. The van der Waals surface area contributed by atoms with Crippen LogP contribution in [0.3, 0.4) is 0 Å². The van der Waals surface area contributed by atoms with Gasteiger partial charge in [0.1, 0.15) is 0 Å². The van der Waals surface area contributed by atoms with Crippen molar-refractivity contribution in [2.24, 2.45) is 5.10 Å². The molecule has 0 fully saturated rings. The van der Waals surface area contributed by atoms with Gasteiger partial charge in [0.25, 0.3) is 5.56 Å². The zero-order valence-electron chi connectivity index (χ0n) is 17.6. The fourth-order valence-corrected chi connectivity index (χ4v) is 2.77. The minimum absolute atomic E-state index is 0.0203. The average Bonchev–Trinajstić information content (AvgIpc) is 2.80. The zero-order chi connectivity index (χ0) is 22.9. The molecule has 166 valence electrons. The van der Waals surface area contributed by atoms with Gasteiger partial charge in [0.05, 0.1) is 24.9 Å². The highest BCUT2D eigenvalue weighted by Crippen LogP contribution is 2.38. The average molecular weight is 438 g/mol. The van der Waals surface area contributed by atoms with E-state index in [0.717, 1.165) is 12.8 Å². The van der Waals surface area contributed by atoms with Crippen LogP contribution in [0.1, 0.15) is 25.3 Å². The van der Waals surface area contributed by atoms with Crippen LogP contribution in [0.2, 0.25) is 0 Å². The molecule has 32 heavy (non-hydrogen) atoms. The molecule has 0 aliphatic rings. The molecule has 0 aliphatic carbocycles. The maximum absolute atomic E-state index is 12.3. The number of methoxy groups -OCH3 is 1. The van der Waals surface area contributed by atoms with Crippen molar-refractivity contribution in [2.45, 2.75) is 19.8 Å². The highest BCUT2D eigenvalue weighted by Gasteiger charge is 2.22. The van der Waals surface area contributed by atoms with E-state index in [1.165, 1.54) is 19.4 Å². The fraction of sp³-hybridized carbons (Fsp3) is 0.238. The van der Waals surface area contributed by atoms with Crippen molar-refractivity contribution in [3.63, 3.8) is 0 Å². The Morgan fingerprint density at radius 3 is 2.69 bits per heavy atom. The molecule has 3 rings (SSSR count). The van der Waals surface area contributed by atoms with E-state index in [2.05, 4.69) is 25.7 Å². The number of benzene rings is 2. The first-order chi connectivity index (χ1) is 15.5. The predicted molar refractivity (Wildman–Crippen MR) is 119 cm³/mol. The molecule has 0 unspecified atom stereocenters. The van der Waals surface area contributed by atoms with Gasteiger partial charge in [0, 0.05) is 17.2 Å².